The van der Waals surface area contributed by atoms with Crippen LogP contribution in [-0.2, 0) is 0 Å². The predicted octanol–water partition coefficient (Wildman–Crippen LogP) is 4.57. The van der Waals surface area contributed by atoms with Crippen LogP contribution in [0.1, 0.15) is 15.9 Å². The van der Waals surface area contributed by atoms with E-state index in [4.69, 9.17) is 9.72 Å². The summed E-state index contributed by atoms with van der Waals surface area (Å²) in [7, 11) is 1.58. The van der Waals surface area contributed by atoms with Gasteiger partial charge in [-0.1, -0.05) is 36.4 Å². The Balaban J connectivity index is 1.81. The number of hydrogen-bond donors (Lipinski definition) is 1. The summed E-state index contributed by atoms with van der Waals surface area (Å²) >= 11 is 0. The molecule has 134 valence electrons. The van der Waals surface area contributed by atoms with Crippen molar-refractivity contribution in [1.29, 1.82) is 0 Å². The van der Waals surface area contributed by atoms with Crippen molar-refractivity contribution in [2.24, 2.45) is 0 Å². The molecule has 4 rings (SSSR count). The molecule has 0 saturated carbocycles. The number of fused-ring (bicyclic) bond motifs is 1. The lowest BCUT2D eigenvalue weighted by Gasteiger charge is -2.09. The van der Waals surface area contributed by atoms with Gasteiger partial charge in [-0.3, -0.25) is 9.20 Å². The molecule has 0 aliphatic heterocycles. The number of imidazole rings is 1. The minimum atomic E-state index is -0.214. The van der Waals surface area contributed by atoms with Crippen LogP contribution in [0.4, 0.5) is 5.82 Å². The summed E-state index contributed by atoms with van der Waals surface area (Å²) in [4.78, 5) is 17.6. The van der Waals surface area contributed by atoms with E-state index in [9.17, 15) is 4.79 Å². The maximum atomic E-state index is 12.9. The summed E-state index contributed by atoms with van der Waals surface area (Å²) in [6.45, 7) is 2.02. The van der Waals surface area contributed by atoms with E-state index in [-0.39, 0.29) is 5.91 Å². The summed E-state index contributed by atoms with van der Waals surface area (Å²) < 4.78 is 7.12. The normalized spacial score (nSPS) is 10.7. The van der Waals surface area contributed by atoms with E-state index in [2.05, 4.69) is 5.32 Å². The SMILES string of the molecule is COc1cccc(C(=O)Nc2c(-c3ccccc3)nc3cc(C)ccn23)c1. The van der Waals surface area contributed by atoms with Crippen LogP contribution in [0.3, 0.4) is 0 Å². The molecule has 27 heavy (non-hydrogen) atoms. The Kier molecular flexibility index (Phi) is 4.34. The molecule has 4 aromatic rings. The Morgan fingerprint density at radius 3 is 2.63 bits per heavy atom. The van der Waals surface area contributed by atoms with Gasteiger partial charge in [-0.25, -0.2) is 4.98 Å². The lowest BCUT2D eigenvalue weighted by molar-refractivity contribution is 0.102. The number of ether oxygens (including phenoxy) is 1. The van der Waals surface area contributed by atoms with Crippen LogP contribution in [0.25, 0.3) is 16.9 Å². The molecule has 0 unspecified atom stereocenters. The molecule has 0 aliphatic rings. The first kappa shape index (κ1) is 16.8. The number of carbonyl (C=O) groups excluding carboxylic acids is 1. The van der Waals surface area contributed by atoms with Gasteiger partial charge in [-0.2, -0.15) is 0 Å². The van der Waals surface area contributed by atoms with Crippen LogP contribution in [-0.4, -0.2) is 22.4 Å². The van der Waals surface area contributed by atoms with Crippen LogP contribution in [0, 0.1) is 6.92 Å². The topological polar surface area (TPSA) is 55.6 Å². The highest BCUT2D eigenvalue weighted by Crippen LogP contribution is 2.29. The number of pyridine rings is 1. The van der Waals surface area contributed by atoms with E-state index in [0.29, 0.717) is 17.1 Å². The summed E-state index contributed by atoms with van der Waals surface area (Å²) in [5, 5.41) is 3.03. The predicted molar refractivity (Wildman–Crippen MR) is 106 cm³/mol. The molecule has 1 N–H and O–H groups in total. The molecule has 0 spiro atoms. The molecule has 5 nitrogen and oxygen atoms in total. The van der Waals surface area contributed by atoms with Crippen LogP contribution in [0.2, 0.25) is 0 Å². The molecule has 2 aromatic heterocycles. The molecule has 0 fully saturated rings. The van der Waals surface area contributed by atoms with Crippen LogP contribution < -0.4 is 10.1 Å². The van der Waals surface area contributed by atoms with Crippen molar-refractivity contribution in [2.45, 2.75) is 6.92 Å². The van der Waals surface area contributed by atoms with E-state index in [0.717, 1.165) is 22.5 Å². The van der Waals surface area contributed by atoms with Crippen molar-refractivity contribution in [3.63, 3.8) is 0 Å². The number of nitrogens with one attached hydrogen (secondary N) is 1. The van der Waals surface area contributed by atoms with Crippen molar-refractivity contribution < 1.29 is 9.53 Å². The number of nitrogens with zero attached hydrogens (tertiary/aromatic N) is 2. The third kappa shape index (κ3) is 3.27. The Labute approximate surface area is 157 Å². The molecular weight excluding hydrogens is 338 g/mol. The Morgan fingerprint density at radius 1 is 1.04 bits per heavy atom. The number of aryl methyl sites for hydroxylation is 1. The molecule has 0 saturated heterocycles. The maximum Gasteiger partial charge on any atom is 0.256 e. The zero-order valence-electron chi connectivity index (χ0n) is 15.1. The number of aromatic nitrogens is 2. The van der Waals surface area contributed by atoms with Gasteiger partial charge in [-0.05, 0) is 42.8 Å². The van der Waals surface area contributed by atoms with Gasteiger partial charge in [0.2, 0.25) is 0 Å². The third-order valence-corrected chi connectivity index (χ3v) is 4.39. The zero-order chi connectivity index (χ0) is 18.8. The van der Waals surface area contributed by atoms with Crippen molar-refractivity contribution in [1.82, 2.24) is 9.38 Å². The lowest BCUT2D eigenvalue weighted by atomic mass is 10.1. The van der Waals surface area contributed by atoms with Gasteiger partial charge >= 0.3 is 0 Å². The average Bonchev–Trinajstić information content (AvgIpc) is 3.06. The van der Waals surface area contributed by atoms with E-state index in [1.165, 1.54) is 0 Å². The van der Waals surface area contributed by atoms with E-state index >= 15 is 0 Å². The van der Waals surface area contributed by atoms with Crippen LogP contribution in [0.15, 0.2) is 72.9 Å². The molecule has 0 bridgehead atoms. The average molecular weight is 357 g/mol. The minimum Gasteiger partial charge on any atom is -0.497 e. The van der Waals surface area contributed by atoms with Gasteiger partial charge in [0.25, 0.3) is 5.91 Å². The number of methoxy groups -OCH3 is 1. The first-order valence-electron chi connectivity index (χ1n) is 8.65. The molecular formula is C22H19N3O2. The highest BCUT2D eigenvalue weighted by molar-refractivity contribution is 6.06. The fourth-order valence-corrected chi connectivity index (χ4v) is 3.01. The zero-order valence-corrected chi connectivity index (χ0v) is 15.1. The fraction of sp³-hybridized carbons (Fsp3) is 0.0909. The van der Waals surface area contributed by atoms with Crippen molar-refractivity contribution in [3.8, 4) is 17.0 Å². The van der Waals surface area contributed by atoms with Gasteiger partial charge in [0, 0.05) is 17.3 Å². The maximum absolute atomic E-state index is 12.9. The fourth-order valence-electron chi connectivity index (χ4n) is 3.01. The second kappa shape index (κ2) is 6.96. The van der Waals surface area contributed by atoms with Crippen molar-refractivity contribution in [2.75, 3.05) is 12.4 Å². The van der Waals surface area contributed by atoms with Crippen LogP contribution in [0.5, 0.6) is 5.75 Å². The van der Waals surface area contributed by atoms with Crippen molar-refractivity contribution >= 4 is 17.4 Å². The number of rotatable bonds is 4. The van der Waals surface area contributed by atoms with Gasteiger partial charge in [0.1, 0.15) is 22.9 Å². The van der Waals surface area contributed by atoms with E-state index in [1.807, 2.05) is 66.1 Å². The summed E-state index contributed by atoms with van der Waals surface area (Å²) in [5.74, 6) is 1.07. The molecule has 0 radical (unpaired) electrons. The van der Waals surface area contributed by atoms with Gasteiger partial charge in [0.05, 0.1) is 7.11 Å². The molecule has 5 heteroatoms. The molecule has 2 heterocycles. The second-order valence-electron chi connectivity index (χ2n) is 6.29. The van der Waals surface area contributed by atoms with Gasteiger partial charge < -0.3 is 10.1 Å². The second-order valence-corrected chi connectivity index (χ2v) is 6.29. The quantitative estimate of drug-likeness (QED) is 0.582. The van der Waals surface area contributed by atoms with Crippen molar-refractivity contribution in [3.05, 3.63) is 84.1 Å². The largest absolute Gasteiger partial charge is 0.497 e. The van der Waals surface area contributed by atoms with Gasteiger partial charge in [-0.15, -0.1) is 0 Å². The minimum absolute atomic E-state index is 0.214. The number of benzene rings is 2. The highest BCUT2D eigenvalue weighted by Gasteiger charge is 2.17. The molecule has 2 aromatic carbocycles. The number of hydrogen-bond acceptors (Lipinski definition) is 3. The highest BCUT2D eigenvalue weighted by atomic mass is 16.5. The summed E-state index contributed by atoms with van der Waals surface area (Å²) in [6, 6.07) is 20.9. The monoisotopic (exact) mass is 357 g/mol. The van der Waals surface area contributed by atoms with Crippen LogP contribution >= 0.6 is 0 Å². The van der Waals surface area contributed by atoms with E-state index in [1.54, 1.807) is 25.3 Å². The summed E-state index contributed by atoms with van der Waals surface area (Å²) in [6.07, 6.45) is 1.92. The lowest BCUT2D eigenvalue weighted by Crippen LogP contribution is -2.14. The first-order chi connectivity index (χ1) is 13.2. The number of amides is 1. The smallest absolute Gasteiger partial charge is 0.256 e. The Hall–Kier alpha value is -3.60. The van der Waals surface area contributed by atoms with E-state index < -0.39 is 0 Å². The summed E-state index contributed by atoms with van der Waals surface area (Å²) in [5.41, 5.74) is 4.10. The molecule has 0 atom stereocenters. The Bertz CT molecular complexity index is 1120. The standard InChI is InChI=1S/C22H19N3O2/c1-15-11-12-25-19(13-15)23-20(16-7-4-3-5-8-16)21(25)24-22(26)17-9-6-10-18(14-17)27-2/h3-14H,1-2H3,(H,24,26). The third-order valence-electron chi connectivity index (χ3n) is 4.39. The number of carbonyl (C=O) groups is 1. The number of anilines is 1. The van der Waals surface area contributed by atoms with Gasteiger partial charge in [0.15, 0.2) is 0 Å². The molecule has 1 amide bonds. The molecule has 0 aliphatic carbocycles. The first-order valence-corrected chi connectivity index (χ1v) is 8.65. The Morgan fingerprint density at radius 2 is 1.85 bits per heavy atom.